The molecule has 1 aliphatic rings. The van der Waals surface area contributed by atoms with Gasteiger partial charge in [0.05, 0.1) is 27.4 Å². The van der Waals surface area contributed by atoms with Gasteiger partial charge in [-0.2, -0.15) is 5.10 Å². The molecule has 10 heteroatoms. The molecule has 0 unspecified atom stereocenters. The van der Waals surface area contributed by atoms with Crippen molar-refractivity contribution in [3.63, 3.8) is 0 Å². The van der Waals surface area contributed by atoms with E-state index in [-0.39, 0.29) is 27.3 Å². The van der Waals surface area contributed by atoms with E-state index in [2.05, 4.69) is 14.8 Å². The molecular weight excluding hydrogens is 426 g/mol. The first-order valence-electron chi connectivity index (χ1n) is 9.52. The van der Waals surface area contributed by atoms with Crippen LogP contribution in [0.5, 0.6) is 0 Å². The molecule has 3 heterocycles. The SMILES string of the molecule is O=C(c1cnn(-c2ncc(Cl)cc2NS(=O)(=O)c2ccccc2)c1)N1CCCCC1. The third-order valence-electron chi connectivity index (χ3n) is 4.82. The summed E-state index contributed by atoms with van der Waals surface area (Å²) in [6.07, 6.45) is 7.51. The molecule has 0 radical (unpaired) electrons. The molecule has 3 aromatic rings. The summed E-state index contributed by atoms with van der Waals surface area (Å²) in [6.45, 7) is 1.46. The summed E-state index contributed by atoms with van der Waals surface area (Å²) < 4.78 is 29.4. The zero-order valence-corrected chi connectivity index (χ0v) is 17.6. The lowest BCUT2D eigenvalue weighted by atomic mass is 10.1. The first-order valence-corrected chi connectivity index (χ1v) is 11.4. The number of nitrogens with zero attached hydrogens (tertiary/aromatic N) is 4. The van der Waals surface area contributed by atoms with Crippen molar-refractivity contribution in [3.05, 3.63) is 65.6 Å². The highest BCUT2D eigenvalue weighted by Gasteiger charge is 2.22. The molecule has 1 aromatic carbocycles. The van der Waals surface area contributed by atoms with E-state index in [0.717, 1.165) is 32.4 Å². The van der Waals surface area contributed by atoms with E-state index in [1.165, 1.54) is 35.3 Å². The van der Waals surface area contributed by atoms with Gasteiger partial charge in [-0.15, -0.1) is 0 Å². The minimum absolute atomic E-state index is 0.0960. The molecule has 30 heavy (non-hydrogen) atoms. The zero-order valence-electron chi connectivity index (χ0n) is 16.0. The van der Waals surface area contributed by atoms with Crippen LogP contribution in [0.15, 0.2) is 59.9 Å². The van der Waals surface area contributed by atoms with E-state index in [1.807, 2.05) is 0 Å². The van der Waals surface area contributed by atoms with Gasteiger partial charge in [-0.1, -0.05) is 29.8 Å². The number of hydrogen-bond acceptors (Lipinski definition) is 5. The first-order chi connectivity index (χ1) is 14.4. The Morgan fingerprint density at radius 1 is 1.07 bits per heavy atom. The number of rotatable bonds is 5. The van der Waals surface area contributed by atoms with E-state index in [0.29, 0.717) is 5.56 Å². The molecule has 4 rings (SSSR count). The minimum Gasteiger partial charge on any atom is -0.339 e. The van der Waals surface area contributed by atoms with Crippen molar-refractivity contribution in [1.82, 2.24) is 19.7 Å². The van der Waals surface area contributed by atoms with E-state index >= 15 is 0 Å². The van der Waals surface area contributed by atoms with Crippen LogP contribution in [-0.2, 0) is 10.0 Å². The molecule has 0 spiro atoms. The molecule has 1 saturated heterocycles. The van der Waals surface area contributed by atoms with Crippen LogP contribution < -0.4 is 4.72 Å². The third kappa shape index (κ3) is 4.31. The number of sulfonamides is 1. The van der Waals surface area contributed by atoms with Gasteiger partial charge < -0.3 is 4.90 Å². The van der Waals surface area contributed by atoms with Crippen molar-refractivity contribution < 1.29 is 13.2 Å². The Hall–Kier alpha value is -2.91. The molecule has 0 bridgehead atoms. The molecule has 156 valence electrons. The summed E-state index contributed by atoms with van der Waals surface area (Å²) in [5.41, 5.74) is 0.581. The Kier molecular flexibility index (Phi) is 5.74. The summed E-state index contributed by atoms with van der Waals surface area (Å²) in [7, 11) is -3.85. The number of carbonyl (C=O) groups excluding carboxylic acids is 1. The largest absolute Gasteiger partial charge is 0.339 e. The van der Waals surface area contributed by atoms with Crippen LogP contribution in [0.1, 0.15) is 29.6 Å². The number of carbonyl (C=O) groups is 1. The topological polar surface area (TPSA) is 97.2 Å². The van der Waals surface area contributed by atoms with Crippen molar-refractivity contribution in [3.8, 4) is 5.82 Å². The quantitative estimate of drug-likeness (QED) is 0.649. The molecule has 1 N–H and O–H groups in total. The van der Waals surface area contributed by atoms with Crippen molar-refractivity contribution in [2.45, 2.75) is 24.2 Å². The normalized spacial score (nSPS) is 14.5. The fourth-order valence-electron chi connectivity index (χ4n) is 3.32. The molecule has 1 fully saturated rings. The van der Waals surface area contributed by atoms with Crippen LogP contribution in [0.2, 0.25) is 5.02 Å². The first kappa shape index (κ1) is 20.4. The predicted molar refractivity (Wildman–Crippen MR) is 113 cm³/mol. The van der Waals surface area contributed by atoms with Crippen LogP contribution in [-0.4, -0.2) is 47.1 Å². The number of aromatic nitrogens is 3. The maximum Gasteiger partial charge on any atom is 0.262 e. The van der Waals surface area contributed by atoms with Gasteiger partial charge in [-0.25, -0.2) is 18.1 Å². The Morgan fingerprint density at radius 3 is 2.53 bits per heavy atom. The minimum atomic E-state index is -3.85. The molecule has 0 aliphatic carbocycles. The predicted octanol–water partition coefficient (Wildman–Crippen LogP) is 3.35. The van der Waals surface area contributed by atoms with E-state index < -0.39 is 10.0 Å². The standard InChI is InChI=1S/C20H20ClN5O3S/c21-16-11-18(24-30(28,29)17-7-3-1-4-8-17)19(22-13-16)26-14-15(12-23-26)20(27)25-9-5-2-6-10-25/h1,3-4,7-8,11-14,24H,2,5-6,9-10H2. The Bertz CT molecular complexity index is 1160. The summed E-state index contributed by atoms with van der Waals surface area (Å²) in [5.74, 6) is 0.123. The van der Waals surface area contributed by atoms with Crippen molar-refractivity contribution in [2.24, 2.45) is 0 Å². The Morgan fingerprint density at radius 2 is 1.80 bits per heavy atom. The van der Waals surface area contributed by atoms with Crippen molar-refractivity contribution in [2.75, 3.05) is 17.8 Å². The molecular formula is C20H20ClN5O3S. The number of nitrogens with one attached hydrogen (secondary N) is 1. The second-order valence-electron chi connectivity index (χ2n) is 6.97. The van der Waals surface area contributed by atoms with Crippen LogP contribution in [0, 0.1) is 0 Å². The van der Waals surface area contributed by atoms with Gasteiger partial charge in [0.25, 0.3) is 15.9 Å². The number of benzene rings is 1. The second-order valence-corrected chi connectivity index (χ2v) is 9.09. The number of pyridine rings is 1. The van der Waals surface area contributed by atoms with Gasteiger partial charge in [0.1, 0.15) is 0 Å². The highest BCUT2D eigenvalue weighted by molar-refractivity contribution is 7.92. The summed E-state index contributed by atoms with van der Waals surface area (Å²) in [6, 6.07) is 9.44. The van der Waals surface area contributed by atoms with Crippen LogP contribution in [0.3, 0.4) is 0 Å². The van der Waals surface area contributed by atoms with Crippen LogP contribution in [0.25, 0.3) is 5.82 Å². The number of amides is 1. The number of anilines is 1. The summed E-state index contributed by atoms with van der Waals surface area (Å²) in [4.78, 5) is 18.9. The lowest BCUT2D eigenvalue weighted by Crippen LogP contribution is -2.35. The van der Waals surface area contributed by atoms with E-state index in [1.54, 1.807) is 29.3 Å². The van der Waals surface area contributed by atoms with E-state index in [4.69, 9.17) is 11.6 Å². The highest BCUT2D eigenvalue weighted by atomic mass is 35.5. The van der Waals surface area contributed by atoms with Crippen molar-refractivity contribution >= 4 is 33.2 Å². The van der Waals surface area contributed by atoms with Gasteiger partial charge in [-0.3, -0.25) is 9.52 Å². The molecule has 1 aliphatic heterocycles. The fraction of sp³-hybridized carbons (Fsp3) is 0.250. The molecule has 8 nitrogen and oxygen atoms in total. The average molecular weight is 446 g/mol. The smallest absolute Gasteiger partial charge is 0.262 e. The lowest BCUT2D eigenvalue weighted by molar-refractivity contribution is 0.0724. The maximum atomic E-state index is 12.7. The highest BCUT2D eigenvalue weighted by Crippen LogP contribution is 2.25. The van der Waals surface area contributed by atoms with Gasteiger partial charge >= 0.3 is 0 Å². The molecule has 0 saturated carbocycles. The third-order valence-corrected chi connectivity index (χ3v) is 6.41. The Labute approximate surface area is 179 Å². The van der Waals surface area contributed by atoms with Gasteiger partial charge in [0, 0.05) is 25.5 Å². The zero-order chi connectivity index (χ0) is 21.1. The molecule has 1 amide bonds. The van der Waals surface area contributed by atoms with Gasteiger partial charge in [0.15, 0.2) is 5.82 Å². The monoisotopic (exact) mass is 445 g/mol. The molecule has 2 aromatic heterocycles. The van der Waals surface area contributed by atoms with Crippen LogP contribution >= 0.6 is 11.6 Å². The number of likely N-dealkylation sites (tertiary alicyclic amines) is 1. The number of halogens is 1. The maximum absolute atomic E-state index is 12.7. The number of piperidine rings is 1. The number of hydrogen-bond donors (Lipinski definition) is 1. The lowest BCUT2D eigenvalue weighted by Gasteiger charge is -2.26. The van der Waals surface area contributed by atoms with Gasteiger partial charge in [0.2, 0.25) is 0 Å². The Balaban J connectivity index is 1.64. The van der Waals surface area contributed by atoms with E-state index in [9.17, 15) is 13.2 Å². The van der Waals surface area contributed by atoms with Gasteiger partial charge in [-0.05, 0) is 37.5 Å². The molecule has 0 atom stereocenters. The van der Waals surface area contributed by atoms with Crippen molar-refractivity contribution in [1.29, 1.82) is 0 Å². The van der Waals surface area contributed by atoms with Crippen LogP contribution in [0.4, 0.5) is 5.69 Å². The second kappa shape index (κ2) is 8.45. The average Bonchev–Trinajstić information content (AvgIpc) is 3.24. The fourth-order valence-corrected chi connectivity index (χ4v) is 4.55. The summed E-state index contributed by atoms with van der Waals surface area (Å²) >= 11 is 6.05. The summed E-state index contributed by atoms with van der Waals surface area (Å²) in [5, 5.41) is 4.49.